The van der Waals surface area contributed by atoms with E-state index in [4.69, 9.17) is 4.74 Å². The molecule has 0 saturated heterocycles. The van der Waals surface area contributed by atoms with Crippen molar-refractivity contribution >= 4 is 32.0 Å². The average Bonchev–Trinajstić information content (AvgIpc) is 2.76. The molecule has 14 heteroatoms. The summed E-state index contributed by atoms with van der Waals surface area (Å²) in [7, 11) is -6.02. The molecule has 0 unspecified atom stereocenters. The highest BCUT2D eigenvalue weighted by Gasteiger charge is 2.37. The zero-order valence-corrected chi connectivity index (χ0v) is 21.3. The number of halogens is 3. The first-order valence-electron chi connectivity index (χ1n) is 10.6. The van der Waals surface area contributed by atoms with E-state index in [0.29, 0.717) is 48.9 Å². The molecule has 2 rings (SSSR count). The van der Waals surface area contributed by atoms with Crippen molar-refractivity contribution in [3.05, 3.63) is 35.0 Å². The predicted molar refractivity (Wildman–Crippen MR) is 123 cm³/mol. The molecule has 9 nitrogen and oxygen atoms in total. The van der Waals surface area contributed by atoms with Gasteiger partial charge in [-0.1, -0.05) is 0 Å². The van der Waals surface area contributed by atoms with Crippen molar-refractivity contribution in [2.24, 2.45) is 4.99 Å². The molecular formula is C21H28F3N3O6S2. The van der Waals surface area contributed by atoms with Crippen molar-refractivity contribution < 1.29 is 39.5 Å². The quantitative estimate of drug-likeness (QED) is 0.378. The minimum absolute atomic E-state index is 0.154. The van der Waals surface area contributed by atoms with Crippen molar-refractivity contribution in [3.8, 4) is 0 Å². The molecule has 0 radical (unpaired) electrons. The van der Waals surface area contributed by atoms with Crippen LogP contribution in [0.4, 0.5) is 13.2 Å². The molecule has 1 atom stereocenters. The number of nitrogens with one attached hydrogen (secondary N) is 1. The standard InChI is InChI=1S/C21H28F3N3O6S2/c1-5-33-20(28)13-26-18-7-6-8-19(17(18)12-25-2)27(3)35(31,32)16-10-14(21(22,23)24)9-15(11-16)34(4,29)30/h9-12,19,26H,5-8,13H2,1-4H3/b25-12-/t19-/m1/s1. The Balaban J connectivity index is 2.55. The normalized spacial score (nSPS) is 17.8. The average molecular weight is 540 g/mol. The van der Waals surface area contributed by atoms with Crippen molar-refractivity contribution in [1.82, 2.24) is 9.62 Å². The van der Waals surface area contributed by atoms with Crippen LogP contribution in [0.15, 0.2) is 44.3 Å². The Morgan fingerprint density at radius 1 is 1.23 bits per heavy atom. The molecule has 1 aliphatic carbocycles. The third kappa shape index (κ3) is 7.04. The number of sulfone groups is 1. The fourth-order valence-corrected chi connectivity index (χ4v) is 5.86. The molecule has 1 N–H and O–H groups in total. The summed E-state index contributed by atoms with van der Waals surface area (Å²) in [6.45, 7) is 1.70. The molecule has 1 aliphatic rings. The molecule has 0 fully saturated rings. The molecule has 0 aliphatic heterocycles. The lowest BCUT2D eigenvalue weighted by Crippen LogP contribution is -2.42. The van der Waals surface area contributed by atoms with E-state index < -0.39 is 53.4 Å². The number of carbonyl (C=O) groups is 1. The lowest BCUT2D eigenvalue weighted by molar-refractivity contribution is -0.142. The van der Waals surface area contributed by atoms with Gasteiger partial charge in [0.05, 0.1) is 28.0 Å². The predicted octanol–water partition coefficient (Wildman–Crippen LogP) is 2.39. The number of likely N-dealkylation sites (N-methyl/N-ethyl adjacent to an activating group) is 1. The van der Waals surface area contributed by atoms with Crippen LogP contribution in [0.25, 0.3) is 0 Å². The summed E-state index contributed by atoms with van der Waals surface area (Å²) in [4.78, 5) is 14.2. The van der Waals surface area contributed by atoms with Crippen LogP contribution in [-0.2, 0) is 35.6 Å². The summed E-state index contributed by atoms with van der Waals surface area (Å²) in [6.07, 6.45) is -1.49. The van der Waals surface area contributed by atoms with Gasteiger partial charge in [0.15, 0.2) is 9.84 Å². The summed E-state index contributed by atoms with van der Waals surface area (Å²) < 4.78 is 96.8. The fraction of sp³-hybridized carbons (Fsp3) is 0.524. The van der Waals surface area contributed by atoms with Crippen LogP contribution in [0.1, 0.15) is 31.7 Å². The second-order valence-corrected chi connectivity index (χ2v) is 11.9. The SMILES string of the molecule is CCOC(=O)CNC1=C(/C=N\C)[C@H](N(C)S(=O)(=O)c2cc(C(F)(F)F)cc(S(C)(=O)=O)c2)CCC1. The molecule has 35 heavy (non-hydrogen) atoms. The van der Waals surface area contributed by atoms with Gasteiger partial charge in [0.25, 0.3) is 0 Å². The van der Waals surface area contributed by atoms with Gasteiger partial charge in [0.1, 0.15) is 6.54 Å². The number of nitrogens with zero attached hydrogens (tertiary/aromatic N) is 2. The van der Waals surface area contributed by atoms with Gasteiger partial charge in [-0.05, 0) is 44.4 Å². The van der Waals surface area contributed by atoms with Gasteiger partial charge in [0, 0.05) is 37.8 Å². The number of carbonyl (C=O) groups excluding carboxylic acids is 1. The first-order valence-corrected chi connectivity index (χ1v) is 13.9. The number of alkyl halides is 3. The smallest absolute Gasteiger partial charge is 0.416 e. The van der Waals surface area contributed by atoms with Gasteiger partial charge in [-0.25, -0.2) is 16.8 Å². The third-order valence-electron chi connectivity index (χ3n) is 5.38. The Morgan fingerprint density at radius 2 is 1.86 bits per heavy atom. The molecule has 196 valence electrons. The monoisotopic (exact) mass is 539 g/mol. The number of sulfonamides is 1. The van der Waals surface area contributed by atoms with Crippen LogP contribution in [-0.4, -0.2) is 72.9 Å². The molecule has 0 bridgehead atoms. The van der Waals surface area contributed by atoms with Crippen LogP contribution in [0, 0.1) is 0 Å². The highest BCUT2D eigenvalue weighted by Crippen LogP contribution is 2.35. The molecule has 0 saturated carbocycles. The van der Waals surface area contributed by atoms with Crippen molar-refractivity contribution in [2.45, 2.75) is 48.2 Å². The Kier molecular flexibility index (Phi) is 9.11. The van der Waals surface area contributed by atoms with Crippen LogP contribution >= 0.6 is 0 Å². The van der Waals surface area contributed by atoms with E-state index in [-0.39, 0.29) is 13.2 Å². The first kappa shape index (κ1) is 28.8. The summed E-state index contributed by atoms with van der Waals surface area (Å²) in [5.74, 6) is -0.506. The lowest BCUT2D eigenvalue weighted by atomic mass is 9.92. The number of ether oxygens (including phenoxy) is 1. The van der Waals surface area contributed by atoms with Gasteiger partial charge in [-0.2, -0.15) is 17.5 Å². The molecule has 1 aromatic carbocycles. The first-order chi connectivity index (χ1) is 16.1. The maximum absolute atomic E-state index is 13.4. The number of aliphatic imine (C=N–C) groups is 1. The Labute approximate surface area is 203 Å². The highest BCUT2D eigenvalue weighted by atomic mass is 32.2. The second kappa shape index (κ2) is 11.1. The Morgan fingerprint density at radius 3 is 2.40 bits per heavy atom. The number of allylic oxidation sites excluding steroid dienone is 1. The van der Waals surface area contributed by atoms with E-state index in [1.165, 1.54) is 20.3 Å². The van der Waals surface area contributed by atoms with Crippen LogP contribution in [0.2, 0.25) is 0 Å². The highest BCUT2D eigenvalue weighted by molar-refractivity contribution is 7.91. The molecule has 0 amide bonds. The second-order valence-electron chi connectivity index (χ2n) is 7.87. The maximum Gasteiger partial charge on any atom is 0.416 e. The summed E-state index contributed by atoms with van der Waals surface area (Å²) in [5, 5.41) is 2.94. The number of hydrogen-bond acceptors (Lipinski definition) is 8. The molecule has 0 aromatic heterocycles. The van der Waals surface area contributed by atoms with Crippen LogP contribution in [0.3, 0.4) is 0 Å². The van der Waals surface area contributed by atoms with E-state index >= 15 is 0 Å². The molecular weight excluding hydrogens is 511 g/mol. The maximum atomic E-state index is 13.4. The minimum Gasteiger partial charge on any atom is -0.465 e. The molecule has 0 spiro atoms. The van der Waals surface area contributed by atoms with Gasteiger partial charge >= 0.3 is 12.1 Å². The van der Waals surface area contributed by atoms with Gasteiger partial charge in [-0.3, -0.25) is 9.79 Å². The van der Waals surface area contributed by atoms with Crippen molar-refractivity contribution in [2.75, 3.05) is 33.5 Å². The lowest BCUT2D eigenvalue weighted by Gasteiger charge is -2.33. The van der Waals surface area contributed by atoms with E-state index in [0.717, 1.165) is 10.4 Å². The zero-order chi connectivity index (χ0) is 26.6. The van der Waals surface area contributed by atoms with E-state index in [1.54, 1.807) is 6.92 Å². The molecule has 0 heterocycles. The molecule has 1 aromatic rings. The zero-order valence-electron chi connectivity index (χ0n) is 19.7. The minimum atomic E-state index is -4.96. The number of rotatable bonds is 9. The number of esters is 1. The van der Waals surface area contributed by atoms with Crippen molar-refractivity contribution in [1.29, 1.82) is 0 Å². The summed E-state index contributed by atoms with van der Waals surface area (Å²) >= 11 is 0. The van der Waals surface area contributed by atoms with Gasteiger partial charge in [-0.15, -0.1) is 0 Å². The fourth-order valence-electron chi connectivity index (χ4n) is 3.67. The Bertz CT molecular complexity index is 1230. The van der Waals surface area contributed by atoms with Crippen LogP contribution in [0.5, 0.6) is 0 Å². The largest absolute Gasteiger partial charge is 0.465 e. The number of benzene rings is 1. The third-order valence-corrected chi connectivity index (χ3v) is 8.32. The van der Waals surface area contributed by atoms with Crippen molar-refractivity contribution in [3.63, 3.8) is 0 Å². The number of hydrogen-bond donors (Lipinski definition) is 1. The Hall–Kier alpha value is -2.45. The van der Waals surface area contributed by atoms with E-state index in [2.05, 4.69) is 10.3 Å². The van der Waals surface area contributed by atoms with E-state index in [1.807, 2.05) is 0 Å². The van der Waals surface area contributed by atoms with Gasteiger partial charge < -0.3 is 10.1 Å². The van der Waals surface area contributed by atoms with Crippen LogP contribution < -0.4 is 5.32 Å². The summed E-state index contributed by atoms with van der Waals surface area (Å²) in [5.41, 5.74) is -0.383. The summed E-state index contributed by atoms with van der Waals surface area (Å²) in [6, 6.07) is 0.719. The van der Waals surface area contributed by atoms with E-state index in [9.17, 15) is 34.8 Å². The topological polar surface area (TPSA) is 122 Å². The van der Waals surface area contributed by atoms with Gasteiger partial charge in [0.2, 0.25) is 10.0 Å².